The molecule has 0 bridgehead atoms. The molecule has 1 fully saturated rings. The van der Waals surface area contributed by atoms with Crippen molar-refractivity contribution in [1.82, 2.24) is 9.88 Å². The van der Waals surface area contributed by atoms with Gasteiger partial charge in [-0.2, -0.15) is 0 Å². The largest absolute Gasteiger partial charge is 0.369 e. The Morgan fingerprint density at radius 1 is 1.00 bits per heavy atom. The van der Waals surface area contributed by atoms with E-state index in [4.69, 9.17) is 5.73 Å². The molecule has 3 aromatic rings. The lowest BCUT2D eigenvalue weighted by Gasteiger charge is -2.34. The van der Waals surface area contributed by atoms with E-state index in [-0.39, 0.29) is 12.1 Å². The molecule has 0 spiro atoms. The van der Waals surface area contributed by atoms with Crippen LogP contribution in [-0.2, 0) is 6.42 Å². The Morgan fingerprint density at radius 3 is 2.28 bits per heavy atom. The third-order valence-corrected chi connectivity index (χ3v) is 5.52. The topological polar surface area (TPSA) is 74.5 Å². The van der Waals surface area contributed by atoms with Crippen LogP contribution in [0.2, 0.25) is 0 Å². The average molecular weight is 437 g/mol. The van der Waals surface area contributed by atoms with Crippen molar-refractivity contribution < 1.29 is 13.6 Å². The number of amides is 1. The number of nitrogens with one attached hydrogen (secondary N) is 1. The van der Waals surface area contributed by atoms with Crippen LogP contribution in [0.15, 0.2) is 54.7 Å². The summed E-state index contributed by atoms with van der Waals surface area (Å²) in [6.45, 7) is 3.99. The Hall–Kier alpha value is -3.52. The molecule has 2 aromatic carbocycles. The van der Waals surface area contributed by atoms with Crippen LogP contribution in [0, 0.1) is 11.6 Å². The lowest BCUT2D eigenvalue weighted by molar-refractivity contribution is 0.0996. The second kappa shape index (κ2) is 9.32. The van der Waals surface area contributed by atoms with Crippen LogP contribution in [-0.4, -0.2) is 49.0 Å². The maximum Gasteiger partial charge on any atom is 0.269 e. The number of nitrogens with zero attached hydrogens (tertiary/aromatic N) is 3. The highest BCUT2D eigenvalue weighted by atomic mass is 19.1. The summed E-state index contributed by atoms with van der Waals surface area (Å²) in [6, 6.07) is 13.0. The zero-order valence-electron chi connectivity index (χ0n) is 17.8. The van der Waals surface area contributed by atoms with Crippen LogP contribution >= 0.6 is 0 Å². The maximum atomic E-state index is 13.5. The molecule has 2 heterocycles. The van der Waals surface area contributed by atoms with Crippen LogP contribution in [0.1, 0.15) is 21.6 Å². The number of carbonyl (C=O) groups excluding carboxylic acids is 1. The van der Waals surface area contributed by atoms with Gasteiger partial charge >= 0.3 is 0 Å². The summed E-state index contributed by atoms with van der Waals surface area (Å²) < 4.78 is 27.0. The van der Waals surface area contributed by atoms with Gasteiger partial charge in [0.1, 0.15) is 11.6 Å². The van der Waals surface area contributed by atoms with Gasteiger partial charge in [-0.15, -0.1) is 0 Å². The first-order chi connectivity index (χ1) is 15.4. The first-order valence-electron chi connectivity index (χ1n) is 10.4. The SMILES string of the molecule is CN1CCN(c2ccc(Nc3cc(Cc4cc(F)cc(F)c4)cnc3C(N)=O)cc2)CC1. The molecule has 0 unspecified atom stereocenters. The van der Waals surface area contributed by atoms with Crippen LogP contribution in [0.4, 0.5) is 25.8 Å². The molecule has 32 heavy (non-hydrogen) atoms. The summed E-state index contributed by atoms with van der Waals surface area (Å²) in [7, 11) is 2.12. The van der Waals surface area contributed by atoms with E-state index in [1.54, 1.807) is 6.07 Å². The monoisotopic (exact) mass is 437 g/mol. The summed E-state index contributed by atoms with van der Waals surface area (Å²) in [4.78, 5) is 20.7. The standard InChI is InChI=1S/C24H25F2N5O/c1-30-6-8-31(9-7-30)21-4-2-20(3-5-21)29-22-13-17(15-28-23(22)24(27)32)10-16-11-18(25)14-19(26)12-16/h2-5,11-15,29H,6-10H2,1H3,(H2,27,32). The number of primary amides is 1. The van der Waals surface area contributed by atoms with Crippen molar-refractivity contribution in [3.63, 3.8) is 0 Å². The number of aromatic nitrogens is 1. The molecular formula is C24H25F2N5O. The van der Waals surface area contributed by atoms with Gasteiger partial charge in [0.05, 0.1) is 5.69 Å². The van der Waals surface area contributed by atoms with E-state index < -0.39 is 17.5 Å². The van der Waals surface area contributed by atoms with Gasteiger partial charge in [-0.1, -0.05) is 0 Å². The molecule has 8 heteroatoms. The summed E-state index contributed by atoms with van der Waals surface area (Å²) >= 11 is 0. The number of piperazine rings is 1. The average Bonchev–Trinajstić information content (AvgIpc) is 2.74. The molecule has 1 aliphatic heterocycles. The number of hydrogen-bond acceptors (Lipinski definition) is 5. The fourth-order valence-electron chi connectivity index (χ4n) is 3.82. The molecule has 1 amide bonds. The van der Waals surface area contributed by atoms with E-state index in [9.17, 15) is 13.6 Å². The molecular weight excluding hydrogens is 412 g/mol. The van der Waals surface area contributed by atoms with Crippen LogP contribution in [0.25, 0.3) is 0 Å². The van der Waals surface area contributed by atoms with Crippen molar-refractivity contribution in [1.29, 1.82) is 0 Å². The summed E-state index contributed by atoms with van der Waals surface area (Å²) in [5.41, 5.74) is 9.11. The van der Waals surface area contributed by atoms with Gasteiger partial charge in [0, 0.05) is 49.8 Å². The fraction of sp³-hybridized carbons (Fsp3) is 0.250. The first kappa shape index (κ1) is 21.7. The number of likely N-dealkylation sites (N-methyl/N-ethyl adjacent to an activating group) is 1. The Labute approximate surface area is 185 Å². The molecule has 4 rings (SSSR count). The molecule has 0 radical (unpaired) electrons. The lowest BCUT2D eigenvalue weighted by atomic mass is 10.0. The molecule has 166 valence electrons. The van der Waals surface area contributed by atoms with Crippen LogP contribution in [0.5, 0.6) is 0 Å². The normalized spacial score (nSPS) is 14.4. The maximum absolute atomic E-state index is 13.5. The molecule has 1 aromatic heterocycles. The Balaban J connectivity index is 1.54. The van der Waals surface area contributed by atoms with Gasteiger partial charge in [0.2, 0.25) is 0 Å². The van der Waals surface area contributed by atoms with Gasteiger partial charge < -0.3 is 20.9 Å². The summed E-state index contributed by atoms with van der Waals surface area (Å²) in [5.74, 6) is -1.94. The van der Waals surface area contributed by atoms with Crippen LogP contribution in [0.3, 0.4) is 0 Å². The third-order valence-electron chi connectivity index (χ3n) is 5.52. The minimum atomic E-state index is -0.662. The molecule has 3 N–H and O–H groups in total. The third kappa shape index (κ3) is 5.20. The summed E-state index contributed by atoms with van der Waals surface area (Å²) in [6.07, 6.45) is 1.75. The molecule has 1 aliphatic rings. The van der Waals surface area contributed by atoms with Crippen molar-refractivity contribution in [3.05, 3.63) is 83.2 Å². The summed E-state index contributed by atoms with van der Waals surface area (Å²) in [5, 5.41) is 3.20. The molecule has 0 aliphatic carbocycles. The molecule has 0 saturated carbocycles. The fourth-order valence-corrected chi connectivity index (χ4v) is 3.82. The van der Waals surface area contributed by atoms with Crippen molar-refractivity contribution >= 4 is 23.0 Å². The number of halogens is 2. The predicted octanol–water partition coefficient (Wildman–Crippen LogP) is 3.54. The van der Waals surface area contributed by atoms with E-state index in [1.165, 1.54) is 18.3 Å². The van der Waals surface area contributed by atoms with Gasteiger partial charge in [-0.25, -0.2) is 13.8 Å². The van der Waals surface area contributed by atoms with Crippen molar-refractivity contribution in [2.45, 2.75) is 6.42 Å². The van der Waals surface area contributed by atoms with Crippen molar-refractivity contribution in [3.8, 4) is 0 Å². The Kier molecular flexibility index (Phi) is 6.32. The van der Waals surface area contributed by atoms with Crippen molar-refractivity contribution in [2.75, 3.05) is 43.4 Å². The van der Waals surface area contributed by atoms with Crippen LogP contribution < -0.4 is 16.0 Å². The van der Waals surface area contributed by atoms with E-state index in [1.807, 2.05) is 24.3 Å². The second-order valence-corrected chi connectivity index (χ2v) is 8.02. The second-order valence-electron chi connectivity index (χ2n) is 8.02. The van der Waals surface area contributed by atoms with Gasteiger partial charge in [-0.3, -0.25) is 4.79 Å². The number of rotatable bonds is 6. The van der Waals surface area contributed by atoms with E-state index in [0.717, 1.165) is 43.6 Å². The highest BCUT2D eigenvalue weighted by molar-refractivity contribution is 5.97. The highest BCUT2D eigenvalue weighted by Gasteiger charge is 2.15. The number of carbonyl (C=O) groups is 1. The molecule has 1 saturated heterocycles. The number of benzene rings is 2. The molecule has 0 atom stereocenters. The zero-order valence-corrected chi connectivity index (χ0v) is 17.8. The molecule has 6 nitrogen and oxygen atoms in total. The van der Waals surface area contributed by atoms with Gasteiger partial charge in [0.25, 0.3) is 5.91 Å². The minimum absolute atomic E-state index is 0.0994. The van der Waals surface area contributed by atoms with Gasteiger partial charge in [0.15, 0.2) is 5.69 Å². The number of anilines is 3. The predicted molar refractivity (Wildman–Crippen MR) is 121 cm³/mol. The quantitative estimate of drug-likeness (QED) is 0.617. The van der Waals surface area contributed by atoms with E-state index >= 15 is 0 Å². The number of nitrogens with two attached hydrogens (primary N) is 1. The van der Waals surface area contributed by atoms with E-state index in [0.29, 0.717) is 16.8 Å². The van der Waals surface area contributed by atoms with Crippen molar-refractivity contribution in [2.24, 2.45) is 5.73 Å². The minimum Gasteiger partial charge on any atom is -0.369 e. The lowest BCUT2D eigenvalue weighted by Crippen LogP contribution is -2.44. The number of pyridine rings is 1. The Morgan fingerprint density at radius 2 is 1.66 bits per heavy atom. The number of hydrogen-bond donors (Lipinski definition) is 2. The zero-order chi connectivity index (χ0) is 22.7. The Bertz CT molecular complexity index is 1090. The highest BCUT2D eigenvalue weighted by Crippen LogP contribution is 2.25. The van der Waals surface area contributed by atoms with Gasteiger partial charge in [-0.05, 0) is 67.1 Å². The van der Waals surface area contributed by atoms with E-state index in [2.05, 4.69) is 27.1 Å². The first-order valence-corrected chi connectivity index (χ1v) is 10.4. The smallest absolute Gasteiger partial charge is 0.269 e.